The maximum atomic E-state index is 12.1. The number of aliphatic hydroxyl groups is 1. The van der Waals surface area contributed by atoms with Crippen LogP contribution >= 0.6 is 0 Å². The molecule has 0 aliphatic carbocycles. The molecule has 0 rings (SSSR count). The first-order valence-corrected chi connectivity index (χ1v) is 17.1. The van der Waals surface area contributed by atoms with Gasteiger partial charge in [0.2, 0.25) is 0 Å². The molecule has 0 radical (unpaired) electrons. The zero-order chi connectivity index (χ0) is 31.3. The standard InChI is InChI=1S/C34H62O8/c1-3-5-7-8-9-10-11-12-13-14-15-16-17-18-19-20-21-22-23-25-27-41-31(36)28-34(40,33(38)39)29-32(37)42-30(35)26-24-6-4-2/h40H,3-29H2,1-2H3,(H,38,39). The smallest absolute Gasteiger partial charge is 0.336 e. The van der Waals surface area contributed by atoms with Gasteiger partial charge in [0, 0.05) is 6.42 Å². The Morgan fingerprint density at radius 2 is 0.857 bits per heavy atom. The van der Waals surface area contributed by atoms with E-state index in [4.69, 9.17) is 4.74 Å². The molecule has 8 heteroatoms. The van der Waals surface area contributed by atoms with Gasteiger partial charge in [0.05, 0.1) is 19.4 Å². The van der Waals surface area contributed by atoms with E-state index in [0.29, 0.717) is 12.8 Å². The van der Waals surface area contributed by atoms with Crippen molar-refractivity contribution < 1.29 is 38.9 Å². The highest BCUT2D eigenvalue weighted by Gasteiger charge is 2.42. The number of hydrogen-bond donors (Lipinski definition) is 2. The second-order valence-corrected chi connectivity index (χ2v) is 11.9. The lowest BCUT2D eigenvalue weighted by atomic mass is 9.96. The van der Waals surface area contributed by atoms with Gasteiger partial charge >= 0.3 is 23.9 Å². The van der Waals surface area contributed by atoms with Crippen LogP contribution in [0.15, 0.2) is 0 Å². The molecule has 0 spiro atoms. The minimum absolute atomic E-state index is 0.0343. The summed E-state index contributed by atoms with van der Waals surface area (Å²) in [6.07, 6.45) is 25.9. The van der Waals surface area contributed by atoms with Crippen LogP contribution in [0.25, 0.3) is 0 Å². The molecule has 0 aromatic heterocycles. The van der Waals surface area contributed by atoms with Crippen molar-refractivity contribution in [3.05, 3.63) is 0 Å². The number of esters is 3. The molecule has 246 valence electrons. The summed E-state index contributed by atoms with van der Waals surface area (Å²) in [6.45, 7) is 4.36. The van der Waals surface area contributed by atoms with Crippen LogP contribution in [-0.2, 0) is 28.7 Å². The third-order valence-electron chi connectivity index (χ3n) is 7.74. The zero-order valence-corrected chi connectivity index (χ0v) is 26.9. The van der Waals surface area contributed by atoms with E-state index in [1.807, 2.05) is 6.92 Å². The van der Waals surface area contributed by atoms with Crippen LogP contribution in [0.3, 0.4) is 0 Å². The van der Waals surface area contributed by atoms with Gasteiger partial charge in [0.1, 0.15) is 0 Å². The van der Waals surface area contributed by atoms with E-state index in [0.717, 1.165) is 32.1 Å². The molecule has 0 saturated carbocycles. The molecule has 0 bridgehead atoms. The van der Waals surface area contributed by atoms with Gasteiger partial charge in [-0.3, -0.25) is 14.4 Å². The van der Waals surface area contributed by atoms with Crippen molar-refractivity contribution >= 4 is 23.9 Å². The molecule has 0 aliphatic rings. The highest BCUT2D eigenvalue weighted by Crippen LogP contribution is 2.19. The first kappa shape index (κ1) is 40.0. The normalized spacial score (nSPS) is 12.5. The largest absolute Gasteiger partial charge is 0.479 e. The lowest BCUT2D eigenvalue weighted by Gasteiger charge is -2.21. The molecule has 0 amide bonds. The SMILES string of the molecule is CCCCCCCCCCCCCCCCCCCCCCOC(=O)CC(O)(CC(=O)OC(=O)CCCCC)C(=O)O. The van der Waals surface area contributed by atoms with Crippen molar-refractivity contribution in [2.75, 3.05) is 6.61 Å². The summed E-state index contributed by atoms with van der Waals surface area (Å²) < 4.78 is 9.65. The molecule has 8 nitrogen and oxygen atoms in total. The van der Waals surface area contributed by atoms with Crippen molar-refractivity contribution in [3.63, 3.8) is 0 Å². The number of aliphatic carboxylic acids is 1. The molecule has 0 fully saturated rings. The quantitative estimate of drug-likeness (QED) is 0.0478. The molecule has 0 aromatic rings. The monoisotopic (exact) mass is 598 g/mol. The summed E-state index contributed by atoms with van der Waals surface area (Å²) in [5.41, 5.74) is -2.68. The van der Waals surface area contributed by atoms with E-state index >= 15 is 0 Å². The van der Waals surface area contributed by atoms with Gasteiger partial charge in [-0.15, -0.1) is 0 Å². The molecular formula is C34H62O8. The summed E-state index contributed by atoms with van der Waals surface area (Å²) in [7, 11) is 0. The Labute approximate surface area is 255 Å². The number of carbonyl (C=O) groups is 4. The second kappa shape index (κ2) is 27.8. The summed E-state index contributed by atoms with van der Waals surface area (Å²) in [4.78, 5) is 47.2. The fourth-order valence-electron chi connectivity index (χ4n) is 5.02. The van der Waals surface area contributed by atoms with Crippen LogP contribution in [0.4, 0.5) is 0 Å². The minimum Gasteiger partial charge on any atom is -0.479 e. The topological polar surface area (TPSA) is 127 Å². The highest BCUT2D eigenvalue weighted by atomic mass is 16.6. The molecule has 1 atom stereocenters. The highest BCUT2D eigenvalue weighted by molar-refractivity contribution is 5.92. The second-order valence-electron chi connectivity index (χ2n) is 11.9. The third-order valence-corrected chi connectivity index (χ3v) is 7.74. The van der Waals surface area contributed by atoms with Crippen LogP contribution in [0.5, 0.6) is 0 Å². The molecule has 1 unspecified atom stereocenters. The van der Waals surface area contributed by atoms with E-state index in [2.05, 4.69) is 11.7 Å². The molecule has 0 saturated heterocycles. The maximum Gasteiger partial charge on any atom is 0.336 e. The Balaban J connectivity index is 3.70. The van der Waals surface area contributed by atoms with Gasteiger partial charge in [-0.25, -0.2) is 4.79 Å². The summed E-state index contributed by atoms with van der Waals surface area (Å²) >= 11 is 0. The average molecular weight is 599 g/mol. The van der Waals surface area contributed by atoms with Crippen molar-refractivity contribution in [2.24, 2.45) is 0 Å². The van der Waals surface area contributed by atoms with E-state index in [1.54, 1.807) is 0 Å². The van der Waals surface area contributed by atoms with E-state index < -0.39 is 42.3 Å². The van der Waals surface area contributed by atoms with E-state index in [9.17, 15) is 29.4 Å². The number of carboxylic acids is 1. The number of unbranched alkanes of at least 4 members (excludes halogenated alkanes) is 21. The summed E-state index contributed by atoms with van der Waals surface area (Å²) in [5.74, 6) is -4.60. The molecule has 2 N–H and O–H groups in total. The minimum atomic E-state index is -2.68. The van der Waals surface area contributed by atoms with Gasteiger partial charge in [-0.05, 0) is 12.8 Å². The zero-order valence-electron chi connectivity index (χ0n) is 26.9. The molecule has 0 heterocycles. The third kappa shape index (κ3) is 24.6. The Kier molecular flexibility index (Phi) is 26.5. The van der Waals surface area contributed by atoms with Crippen LogP contribution in [0, 0.1) is 0 Å². The number of ether oxygens (including phenoxy) is 2. The fraction of sp³-hybridized carbons (Fsp3) is 0.882. The first-order valence-electron chi connectivity index (χ1n) is 17.1. The van der Waals surface area contributed by atoms with E-state index in [-0.39, 0.29) is 13.0 Å². The molecular weight excluding hydrogens is 536 g/mol. The van der Waals surface area contributed by atoms with Crippen molar-refractivity contribution in [2.45, 2.75) is 186 Å². The Morgan fingerprint density at radius 3 is 1.26 bits per heavy atom. The van der Waals surface area contributed by atoms with Crippen LogP contribution < -0.4 is 0 Å². The number of rotatable bonds is 30. The molecule has 42 heavy (non-hydrogen) atoms. The predicted molar refractivity (Wildman–Crippen MR) is 166 cm³/mol. The van der Waals surface area contributed by atoms with Crippen LogP contribution in [0.2, 0.25) is 0 Å². The predicted octanol–water partition coefficient (Wildman–Crippen LogP) is 8.60. The van der Waals surface area contributed by atoms with Gasteiger partial charge in [0.15, 0.2) is 5.60 Å². The van der Waals surface area contributed by atoms with Crippen molar-refractivity contribution in [3.8, 4) is 0 Å². The molecule has 0 aliphatic heterocycles. The Morgan fingerprint density at radius 1 is 0.500 bits per heavy atom. The lowest BCUT2D eigenvalue weighted by Crippen LogP contribution is -2.43. The summed E-state index contributed by atoms with van der Waals surface area (Å²) in [6, 6.07) is 0. The van der Waals surface area contributed by atoms with Crippen LogP contribution in [0.1, 0.15) is 181 Å². The maximum absolute atomic E-state index is 12.1. The van der Waals surface area contributed by atoms with Gasteiger partial charge in [-0.1, -0.05) is 149 Å². The van der Waals surface area contributed by atoms with E-state index in [1.165, 1.54) is 103 Å². The molecule has 0 aromatic carbocycles. The van der Waals surface area contributed by atoms with Crippen LogP contribution in [-0.4, -0.2) is 46.3 Å². The number of hydrogen-bond acceptors (Lipinski definition) is 7. The fourth-order valence-corrected chi connectivity index (χ4v) is 5.02. The van der Waals surface area contributed by atoms with Gasteiger partial charge < -0.3 is 19.7 Å². The summed E-state index contributed by atoms with van der Waals surface area (Å²) in [5, 5.41) is 19.6. The van der Waals surface area contributed by atoms with Gasteiger partial charge in [-0.2, -0.15) is 0 Å². The lowest BCUT2D eigenvalue weighted by molar-refractivity contribution is -0.175. The Hall–Kier alpha value is -1.96. The van der Waals surface area contributed by atoms with Crippen molar-refractivity contribution in [1.82, 2.24) is 0 Å². The van der Waals surface area contributed by atoms with Crippen molar-refractivity contribution in [1.29, 1.82) is 0 Å². The number of carboxylic acid groups (broad SMARTS) is 1. The Bertz CT molecular complexity index is 708. The first-order chi connectivity index (χ1) is 20.2. The van der Waals surface area contributed by atoms with Gasteiger partial charge in [0.25, 0.3) is 0 Å². The number of carbonyl (C=O) groups excluding carboxylic acids is 3. The average Bonchev–Trinajstić information content (AvgIpc) is 2.93.